The molecule has 4 aromatic rings. The number of hydrogen-bond acceptors (Lipinski definition) is 3. The van der Waals surface area contributed by atoms with E-state index in [-0.39, 0.29) is 0 Å². The molecule has 0 aliphatic carbocycles. The average molecular weight is 342 g/mol. The lowest BCUT2D eigenvalue weighted by Crippen LogP contribution is -2.31. The van der Waals surface area contributed by atoms with E-state index in [1.165, 1.54) is 0 Å². The highest BCUT2D eigenvalue weighted by atomic mass is 16.5. The van der Waals surface area contributed by atoms with Gasteiger partial charge in [0.2, 0.25) is 11.0 Å². The Morgan fingerprint density at radius 1 is 0.846 bits per heavy atom. The topological polar surface area (TPSA) is 47.2 Å². The summed E-state index contributed by atoms with van der Waals surface area (Å²) < 4.78 is 7.66. The highest BCUT2D eigenvalue weighted by Gasteiger charge is 2.23. The molecule has 0 atom stereocenters. The highest BCUT2D eigenvalue weighted by Crippen LogP contribution is 2.26. The van der Waals surface area contributed by atoms with Gasteiger partial charge in [-0.25, -0.2) is 4.79 Å². The molecule has 4 nitrogen and oxygen atoms in total. The zero-order valence-electron chi connectivity index (χ0n) is 14.2. The summed E-state index contributed by atoms with van der Waals surface area (Å²) in [5, 5.41) is 1.67. The van der Waals surface area contributed by atoms with Gasteiger partial charge in [-0.3, -0.25) is 4.79 Å². The first-order chi connectivity index (χ1) is 12.7. The molecule has 0 amide bonds. The summed E-state index contributed by atoms with van der Waals surface area (Å²) in [6.45, 7) is 0. The van der Waals surface area contributed by atoms with Crippen molar-refractivity contribution in [1.29, 1.82) is 0 Å². The van der Waals surface area contributed by atoms with Gasteiger partial charge in [-0.05, 0) is 36.4 Å². The highest BCUT2D eigenvalue weighted by molar-refractivity contribution is 6.13. The number of carbonyl (C=O) groups is 2. The zero-order valence-corrected chi connectivity index (χ0v) is 14.2. The summed E-state index contributed by atoms with van der Waals surface area (Å²) in [6.07, 6.45) is 0.754. The van der Waals surface area contributed by atoms with Crippen molar-refractivity contribution in [3.63, 3.8) is 0 Å². The lowest BCUT2D eigenvalue weighted by molar-refractivity contribution is -0.617. The molecule has 126 valence electrons. The molecule has 0 bridgehead atoms. The fourth-order valence-electron chi connectivity index (χ4n) is 3.22. The van der Waals surface area contributed by atoms with Crippen LogP contribution in [0.1, 0.15) is 20.7 Å². The van der Waals surface area contributed by atoms with Crippen LogP contribution in [0.4, 0.5) is 0 Å². The number of carbonyl (C=O) groups excluding carboxylic acids is 2. The average Bonchev–Trinajstić information content (AvgIpc) is 2.69. The summed E-state index contributed by atoms with van der Waals surface area (Å²) in [4.78, 5) is 23.8. The smallest absolute Gasteiger partial charge is 0.345 e. The molecule has 0 fully saturated rings. The molecule has 1 aromatic heterocycles. The minimum Gasteiger partial charge on any atom is -0.423 e. The van der Waals surface area contributed by atoms with Crippen LogP contribution in [0.25, 0.3) is 21.8 Å². The number of rotatable bonds is 3. The van der Waals surface area contributed by atoms with Crippen LogP contribution in [0, 0.1) is 0 Å². The molecule has 0 spiro atoms. The number of para-hydroxylation sites is 2. The molecule has 0 radical (unpaired) electrons. The zero-order chi connectivity index (χ0) is 18.1. The van der Waals surface area contributed by atoms with Crippen LogP contribution in [0.5, 0.6) is 5.75 Å². The Morgan fingerprint density at radius 2 is 1.38 bits per heavy atom. The largest absolute Gasteiger partial charge is 0.423 e. The number of aryl methyl sites for hydroxylation is 1. The Hall–Kier alpha value is -3.53. The van der Waals surface area contributed by atoms with Gasteiger partial charge in [0.25, 0.3) is 0 Å². The maximum atomic E-state index is 13.0. The number of benzene rings is 3. The first-order valence-electron chi connectivity index (χ1n) is 8.26. The van der Waals surface area contributed by atoms with Crippen LogP contribution in [0.3, 0.4) is 0 Å². The van der Waals surface area contributed by atoms with Gasteiger partial charge in [-0.2, -0.15) is 4.57 Å². The van der Waals surface area contributed by atoms with E-state index in [0.29, 0.717) is 16.9 Å². The molecular formula is C22H16NO3+. The Balaban J connectivity index is 1.89. The molecular weight excluding hydrogens is 326 g/mol. The standard InChI is InChI=1S/C22H16NO3/c1-23-19-8-4-2-6-17(19)21(18-7-3-5-9-20(18)23)22(25)26-16-12-10-15(14-24)11-13-16/h2-14H,1H3/q+1. The maximum Gasteiger partial charge on any atom is 0.345 e. The van der Waals surface area contributed by atoms with E-state index in [0.717, 1.165) is 28.1 Å². The van der Waals surface area contributed by atoms with Gasteiger partial charge in [0.05, 0.1) is 16.3 Å². The second-order valence-electron chi connectivity index (χ2n) is 6.04. The summed E-state index contributed by atoms with van der Waals surface area (Å²) in [6, 6.07) is 22.0. The van der Waals surface area contributed by atoms with E-state index in [4.69, 9.17) is 4.74 Å². The predicted octanol–water partition coefficient (Wildman–Crippen LogP) is 3.85. The first-order valence-corrected chi connectivity index (χ1v) is 8.26. The van der Waals surface area contributed by atoms with Crippen LogP contribution in [-0.2, 0) is 7.05 Å². The minimum absolute atomic E-state index is 0.405. The lowest BCUT2D eigenvalue weighted by Gasteiger charge is -2.10. The van der Waals surface area contributed by atoms with Crippen molar-refractivity contribution in [3.8, 4) is 5.75 Å². The Bertz CT molecular complexity index is 1090. The van der Waals surface area contributed by atoms with Crippen molar-refractivity contribution in [3.05, 3.63) is 83.9 Å². The monoisotopic (exact) mass is 342 g/mol. The Kier molecular flexibility index (Phi) is 3.93. The van der Waals surface area contributed by atoms with Gasteiger partial charge in [0.15, 0.2) is 0 Å². The molecule has 0 aliphatic heterocycles. The van der Waals surface area contributed by atoms with Crippen molar-refractivity contribution in [2.75, 3.05) is 0 Å². The van der Waals surface area contributed by atoms with Crippen molar-refractivity contribution in [2.24, 2.45) is 7.05 Å². The quantitative estimate of drug-likeness (QED) is 0.187. The lowest BCUT2D eigenvalue weighted by atomic mass is 10.0. The summed E-state index contributed by atoms with van der Waals surface area (Å²) in [5.74, 6) is -0.0150. The van der Waals surface area contributed by atoms with Crippen molar-refractivity contribution >= 4 is 34.1 Å². The third-order valence-electron chi connectivity index (χ3n) is 4.50. The van der Waals surface area contributed by atoms with Gasteiger partial charge in [0, 0.05) is 17.7 Å². The molecule has 0 aliphatic rings. The number of esters is 1. The summed E-state index contributed by atoms with van der Waals surface area (Å²) >= 11 is 0. The maximum absolute atomic E-state index is 13.0. The normalized spacial score (nSPS) is 10.8. The fourth-order valence-corrected chi connectivity index (χ4v) is 3.22. The third-order valence-corrected chi connectivity index (χ3v) is 4.50. The minimum atomic E-state index is -0.420. The fraction of sp³-hybridized carbons (Fsp3) is 0.0455. The SMILES string of the molecule is C[n+]1c2ccccc2c(C(=O)Oc2ccc(C=O)cc2)c2ccccc21. The molecule has 0 saturated heterocycles. The number of hydrogen-bond donors (Lipinski definition) is 0. The van der Waals surface area contributed by atoms with Gasteiger partial charge in [-0.1, -0.05) is 24.3 Å². The molecule has 0 saturated carbocycles. The van der Waals surface area contributed by atoms with Crippen LogP contribution in [-0.4, -0.2) is 12.3 Å². The van der Waals surface area contributed by atoms with E-state index in [1.807, 2.05) is 55.6 Å². The van der Waals surface area contributed by atoms with Crippen molar-refractivity contribution in [1.82, 2.24) is 0 Å². The predicted molar refractivity (Wildman–Crippen MR) is 99.4 cm³/mol. The first kappa shape index (κ1) is 16.0. The van der Waals surface area contributed by atoms with Gasteiger partial charge < -0.3 is 4.74 Å². The number of aromatic nitrogens is 1. The number of fused-ring (bicyclic) bond motifs is 2. The molecule has 4 rings (SSSR count). The van der Waals surface area contributed by atoms with Gasteiger partial charge in [-0.15, -0.1) is 0 Å². The van der Waals surface area contributed by atoms with E-state index in [2.05, 4.69) is 4.57 Å². The Morgan fingerprint density at radius 3 is 1.92 bits per heavy atom. The van der Waals surface area contributed by atoms with E-state index < -0.39 is 5.97 Å². The second-order valence-corrected chi connectivity index (χ2v) is 6.04. The van der Waals surface area contributed by atoms with E-state index in [9.17, 15) is 9.59 Å². The van der Waals surface area contributed by atoms with Gasteiger partial charge >= 0.3 is 5.97 Å². The van der Waals surface area contributed by atoms with E-state index >= 15 is 0 Å². The molecule has 4 heteroatoms. The van der Waals surface area contributed by atoms with Crippen LogP contribution >= 0.6 is 0 Å². The Labute approximate surface area is 150 Å². The summed E-state index contributed by atoms with van der Waals surface area (Å²) in [5.41, 5.74) is 2.98. The van der Waals surface area contributed by atoms with Crippen LogP contribution in [0.15, 0.2) is 72.8 Å². The molecule has 0 N–H and O–H groups in total. The molecule has 3 aromatic carbocycles. The van der Waals surface area contributed by atoms with Crippen molar-refractivity contribution < 1.29 is 18.9 Å². The second kappa shape index (κ2) is 6.41. The molecule has 1 heterocycles. The molecule has 0 unspecified atom stereocenters. The number of ether oxygens (including phenoxy) is 1. The number of pyridine rings is 1. The van der Waals surface area contributed by atoms with E-state index in [1.54, 1.807) is 24.3 Å². The summed E-state index contributed by atoms with van der Waals surface area (Å²) in [7, 11) is 1.98. The van der Waals surface area contributed by atoms with Crippen LogP contribution in [0.2, 0.25) is 0 Å². The number of aldehydes is 1. The van der Waals surface area contributed by atoms with Crippen LogP contribution < -0.4 is 9.30 Å². The number of nitrogens with zero attached hydrogens (tertiary/aromatic N) is 1. The molecule has 26 heavy (non-hydrogen) atoms. The third kappa shape index (κ3) is 2.62. The van der Waals surface area contributed by atoms with Crippen molar-refractivity contribution in [2.45, 2.75) is 0 Å². The van der Waals surface area contributed by atoms with Gasteiger partial charge in [0.1, 0.15) is 19.1 Å².